The van der Waals surface area contributed by atoms with Crippen molar-refractivity contribution in [1.29, 1.82) is 0 Å². The summed E-state index contributed by atoms with van der Waals surface area (Å²) in [7, 11) is 0. The van der Waals surface area contributed by atoms with Crippen LogP contribution in [0.3, 0.4) is 0 Å². The van der Waals surface area contributed by atoms with Crippen molar-refractivity contribution in [2.75, 3.05) is 5.32 Å². The highest BCUT2D eigenvalue weighted by Crippen LogP contribution is 2.29. The van der Waals surface area contributed by atoms with E-state index in [0.717, 1.165) is 11.3 Å². The molecule has 0 heterocycles. The molecule has 88 valence electrons. The molecule has 0 unspecified atom stereocenters. The number of rotatable bonds is 2. The van der Waals surface area contributed by atoms with Crippen molar-refractivity contribution in [1.82, 2.24) is 0 Å². The maximum Gasteiger partial charge on any atom is 0.242 e. The van der Waals surface area contributed by atoms with Crippen molar-refractivity contribution in [3.05, 3.63) is 29.8 Å². The molecule has 1 N–H and O–H groups in total. The number of alkyl halides is 1. The lowest BCUT2D eigenvalue weighted by Gasteiger charge is -2.23. The van der Waals surface area contributed by atoms with Gasteiger partial charge in [0.1, 0.15) is 5.38 Å². The van der Waals surface area contributed by atoms with Crippen LogP contribution in [0.4, 0.5) is 5.69 Å². The van der Waals surface area contributed by atoms with Crippen LogP contribution in [-0.4, -0.2) is 11.3 Å². The third-order valence-electron chi connectivity index (χ3n) is 2.35. The van der Waals surface area contributed by atoms with Gasteiger partial charge in [0.25, 0.3) is 0 Å². The monoisotopic (exact) mass is 239 g/mol. The smallest absolute Gasteiger partial charge is 0.242 e. The summed E-state index contributed by atoms with van der Waals surface area (Å²) < 4.78 is 0. The molecule has 0 fully saturated rings. The van der Waals surface area contributed by atoms with Gasteiger partial charge in [0.15, 0.2) is 0 Å². The molecule has 1 atom stereocenters. The topological polar surface area (TPSA) is 29.1 Å². The van der Waals surface area contributed by atoms with Crippen molar-refractivity contribution >= 4 is 23.2 Å². The molecular weight excluding hydrogens is 222 g/mol. The van der Waals surface area contributed by atoms with Gasteiger partial charge in [0.2, 0.25) is 5.91 Å². The highest BCUT2D eigenvalue weighted by atomic mass is 35.5. The van der Waals surface area contributed by atoms with Gasteiger partial charge in [-0.1, -0.05) is 39.0 Å². The van der Waals surface area contributed by atoms with Crippen LogP contribution in [0.2, 0.25) is 0 Å². The van der Waals surface area contributed by atoms with Gasteiger partial charge in [-0.25, -0.2) is 0 Å². The number of hydrogen-bond donors (Lipinski definition) is 1. The number of nitrogens with one attached hydrogen (secondary N) is 1. The standard InChI is InChI=1S/C13H18ClNO/c1-9(14)12(16)15-11-8-6-5-7-10(11)13(2,3)4/h5-9H,1-4H3,(H,15,16)/t9-/m0/s1. The molecule has 0 bridgehead atoms. The third kappa shape index (κ3) is 3.24. The second-order valence-corrected chi connectivity index (χ2v) is 5.56. The van der Waals surface area contributed by atoms with E-state index in [4.69, 9.17) is 11.6 Å². The number of carbonyl (C=O) groups excluding carboxylic acids is 1. The fourth-order valence-corrected chi connectivity index (χ4v) is 1.53. The van der Waals surface area contributed by atoms with E-state index in [1.165, 1.54) is 0 Å². The Morgan fingerprint density at radius 3 is 2.38 bits per heavy atom. The first-order chi connectivity index (χ1) is 7.32. The molecule has 0 saturated carbocycles. The fraction of sp³-hybridized carbons (Fsp3) is 0.462. The molecule has 1 aromatic carbocycles. The number of benzene rings is 1. The van der Waals surface area contributed by atoms with E-state index in [0.29, 0.717) is 0 Å². The van der Waals surface area contributed by atoms with E-state index >= 15 is 0 Å². The lowest BCUT2D eigenvalue weighted by molar-refractivity contribution is -0.115. The third-order valence-corrected chi connectivity index (χ3v) is 2.55. The Morgan fingerprint density at radius 2 is 1.88 bits per heavy atom. The van der Waals surface area contributed by atoms with Gasteiger partial charge in [-0.2, -0.15) is 0 Å². The van der Waals surface area contributed by atoms with Crippen LogP contribution in [0.5, 0.6) is 0 Å². The minimum absolute atomic E-state index is 0.000571. The van der Waals surface area contributed by atoms with E-state index in [-0.39, 0.29) is 11.3 Å². The molecule has 2 nitrogen and oxygen atoms in total. The predicted octanol–water partition coefficient (Wildman–Crippen LogP) is 3.55. The zero-order chi connectivity index (χ0) is 12.3. The van der Waals surface area contributed by atoms with Gasteiger partial charge >= 0.3 is 0 Å². The largest absolute Gasteiger partial charge is 0.325 e. The predicted molar refractivity (Wildman–Crippen MR) is 69.1 cm³/mol. The molecule has 0 aliphatic carbocycles. The zero-order valence-electron chi connectivity index (χ0n) is 10.2. The van der Waals surface area contributed by atoms with Gasteiger partial charge in [-0.15, -0.1) is 11.6 Å². The number of para-hydroxylation sites is 1. The van der Waals surface area contributed by atoms with Gasteiger partial charge in [0, 0.05) is 5.69 Å². The van der Waals surface area contributed by atoms with E-state index in [2.05, 4.69) is 26.1 Å². The zero-order valence-corrected chi connectivity index (χ0v) is 10.9. The molecule has 1 amide bonds. The summed E-state index contributed by atoms with van der Waals surface area (Å²) in [6.07, 6.45) is 0. The van der Waals surface area contributed by atoms with Crippen LogP contribution in [0.1, 0.15) is 33.3 Å². The van der Waals surface area contributed by atoms with Crippen LogP contribution in [-0.2, 0) is 10.2 Å². The Labute approximate surface area is 102 Å². The van der Waals surface area contributed by atoms with Crippen molar-refractivity contribution in [2.24, 2.45) is 0 Å². The summed E-state index contributed by atoms with van der Waals surface area (Å²) in [6, 6.07) is 7.80. The molecule has 0 aliphatic rings. The van der Waals surface area contributed by atoms with Crippen molar-refractivity contribution in [2.45, 2.75) is 38.5 Å². The quantitative estimate of drug-likeness (QED) is 0.786. The number of anilines is 1. The Bertz CT molecular complexity index is 380. The normalized spacial score (nSPS) is 13.3. The van der Waals surface area contributed by atoms with Crippen molar-refractivity contribution < 1.29 is 4.79 Å². The molecule has 0 spiro atoms. The molecule has 16 heavy (non-hydrogen) atoms. The lowest BCUT2D eigenvalue weighted by Crippen LogP contribution is -2.23. The first-order valence-corrected chi connectivity index (χ1v) is 5.80. The minimum Gasteiger partial charge on any atom is -0.325 e. The number of hydrogen-bond acceptors (Lipinski definition) is 1. The number of halogens is 1. The first-order valence-electron chi connectivity index (χ1n) is 5.37. The van der Waals surface area contributed by atoms with Crippen LogP contribution >= 0.6 is 11.6 Å². The maximum atomic E-state index is 11.5. The molecule has 1 rings (SSSR count). The minimum atomic E-state index is -0.520. The van der Waals surface area contributed by atoms with E-state index in [1.807, 2.05) is 24.3 Å². The van der Waals surface area contributed by atoms with Gasteiger partial charge in [0.05, 0.1) is 0 Å². The average molecular weight is 240 g/mol. The second kappa shape index (κ2) is 4.88. The van der Waals surface area contributed by atoms with E-state index in [9.17, 15) is 4.79 Å². The summed E-state index contributed by atoms with van der Waals surface area (Å²) in [6.45, 7) is 8.00. The second-order valence-electron chi connectivity index (χ2n) is 4.90. The summed E-state index contributed by atoms with van der Waals surface area (Å²) in [5.74, 6) is -0.168. The lowest BCUT2D eigenvalue weighted by atomic mass is 9.86. The average Bonchev–Trinajstić information content (AvgIpc) is 2.16. The first kappa shape index (κ1) is 13.0. The highest BCUT2D eigenvalue weighted by Gasteiger charge is 2.19. The van der Waals surface area contributed by atoms with Gasteiger partial charge < -0.3 is 5.32 Å². The Kier molecular flexibility index (Phi) is 3.98. The molecule has 0 radical (unpaired) electrons. The Balaban J connectivity index is 3.01. The van der Waals surface area contributed by atoms with Gasteiger partial charge in [-0.05, 0) is 24.0 Å². The molecule has 0 aromatic heterocycles. The SMILES string of the molecule is C[C@H](Cl)C(=O)Nc1ccccc1C(C)(C)C. The molecule has 0 aliphatic heterocycles. The summed E-state index contributed by atoms with van der Waals surface area (Å²) in [5.41, 5.74) is 1.95. The maximum absolute atomic E-state index is 11.5. The van der Waals surface area contributed by atoms with Crippen LogP contribution in [0.15, 0.2) is 24.3 Å². The molecule has 0 saturated heterocycles. The van der Waals surface area contributed by atoms with Gasteiger partial charge in [-0.3, -0.25) is 4.79 Å². The van der Waals surface area contributed by atoms with Crippen LogP contribution in [0, 0.1) is 0 Å². The number of carbonyl (C=O) groups is 1. The Morgan fingerprint density at radius 1 is 1.31 bits per heavy atom. The van der Waals surface area contributed by atoms with E-state index in [1.54, 1.807) is 6.92 Å². The fourth-order valence-electron chi connectivity index (χ4n) is 1.48. The van der Waals surface area contributed by atoms with Crippen LogP contribution in [0.25, 0.3) is 0 Å². The summed E-state index contributed by atoms with van der Waals surface area (Å²) in [5, 5.41) is 2.33. The van der Waals surface area contributed by atoms with E-state index < -0.39 is 5.38 Å². The summed E-state index contributed by atoms with van der Waals surface area (Å²) >= 11 is 5.73. The molecule has 3 heteroatoms. The summed E-state index contributed by atoms with van der Waals surface area (Å²) in [4.78, 5) is 11.5. The Hall–Kier alpha value is -1.02. The van der Waals surface area contributed by atoms with Crippen molar-refractivity contribution in [3.8, 4) is 0 Å². The molecule has 1 aromatic rings. The highest BCUT2D eigenvalue weighted by molar-refractivity contribution is 6.32. The van der Waals surface area contributed by atoms with Crippen molar-refractivity contribution in [3.63, 3.8) is 0 Å². The molecular formula is C13H18ClNO. The van der Waals surface area contributed by atoms with Crippen LogP contribution < -0.4 is 5.32 Å². The number of amides is 1.